The van der Waals surface area contributed by atoms with Crippen LogP contribution >= 0.6 is 0 Å². The predicted octanol–water partition coefficient (Wildman–Crippen LogP) is 3.49. The molecule has 5 heteroatoms. The molecular weight excluding hydrogens is 290 g/mol. The Kier molecular flexibility index (Phi) is 2.98. The highest BCUT2D eigenvalue weighted by Gasteiger charge is 2.14. The van der Waals surface area contributed by atoms with Crippen LogP contribution in [-0.4, -0.2) is 25.3 Å². The number of carboxylic acid groups (broad SMARTS) is 1. The molecule has 1 N–H and O–H groups in total. The van der Waals surface area contributed by atoms with Gasteiger partial charge in [0, 0.05) is 11.7 Å². The number of carboxylic acids is 1. The zero-order valence-corrected chi connectivity index (χ0v) is 12.1. The van der Waals surface area contributed by atoms with Gasteiger partial charge in [-0.25, -0.2) is 9.48 Å². The van der Waals surface area contributed by atoms with Crippen molar-refractivity contribution >= 4 is 11.5 Å². The molecule has 4 rings (SSSR count). The van der Waals surface area contributed by atoms with E-state index in [0.29, 0.717) is 5.82 Å². The number of rotatable bonds is 3. The van der Waals surface area contributed by atoms with E-state index < -0.39 is 5.97 Å². The molecular formula is C18H13N3O2. The number of carbonyl (C=O) groups is 1. The molecule has 23 heavy (non-hydrogen) atoms. The van der Waals surface area contributed by atoms with Crippen molar-refractivity contribution in [1.29, 1.82) is 0 Å². The van der Waals surface area contributed by atoms with Crippen LogP contribution in [0, 0.1) is 0 Å². The van der Waals surface area contributed by atoms with Crippen molar-refractivity contribution in [3.05, 3.63) is 78.8 Å². The average molecular weight is 303 g/mol. The maximum atomic E-state index is 11.3. The van der Waals surface area contributed by atoms with Gasteiger partial charge < -0.3 is 9.51 Å². The summed E-state index contributed by atoms with van der Waals surface area (Å²) in [6, 6.07) is 19.4. The van der Waals surface area contributed by atoms with Crippen molar-refractivity contribution < 1.29 is 9.90 Å². The first-order chi connectivity index (χ1) is 11.2. The molecule has 0 radical (unpaired) electrons. The molecule has 0 bridgehead atoms. The number of benzene rings is 1. The van der Waals surface area contributed by atoms with Crippen molar-refractivity contribution in [1.82, 2.24) is 14.2 Å². The second-order valence-electron chi connectivity index (χ2n) is 5.20. The van der Waals surface area contributed by atoms with Gasteiger partial charge in [-0.2, -0.15) is 5.10 Å². The first kappa shape index (κ1) is 13.3. The monoisotopic (exact) mass is 303 g/mol. The van der Waals surface area contributed by atoms with E-state index in [4.69, 9.17) is 0 Å². The minimum absolute atomic E-state index is 0.134. The fourth-order valence-electron chi connectivity index (χ4n) is 2.71. The molecule has 0 unspecified atom stereocenters. The largest absolute Gasteiger partial charge is 0.477 e. The van der Waals surface area contributed by atoms with Gasteiger partial charge in [0.25, 0.3) is 0 Å². The first-order valence-corrected chi connectivity index (χ1v) is 7.18. The number of pyridine rings is 1. The van der Waals surface area contributed by atoms with E-state index in [2.05, 4.69) is 11.2 Å². The summed E-state index contributed by atoms with van der Waals surface area (Å²) < 4.78 is 3.38. The smallest absolute Gasteiger partial charge is 0.354 e. The van der Waals surface area contributed by atoms with Gasteiger partial charge in [0.2, 0.25) is 0 Å². The average Bonchev–Trinajstić information content (AvgIpc) is 3.21. The molecule has 0 aliphatic carbocycles. The summed E-state index contributed by atoms with van der Waals surface area (Å²) in [6.07, 6.45) is 3.48. The molecule has 0 aliphatic rings. The molecule has 112 valence electrons. The Morgan fingerprint density at radius 3 is 2.48 bits per heavy atom. The van der Waals surface area contributed by atoms with Crippen LogP contribution in [0.2, 0.25) is 0 Å². The third-order valence-electron chi connectivity index (χ3n) is 3.82. The Balaban J connectivity index is 1.92. The Morgan fingerprint density at radius 1 is 0.913 bits per heavy atom. The standard InChI is InChI=1S/C18H13N3O2/c22-18(23)16-10-11-19-21(16)17-9-8-15-7-6-14(12-20(15)17)13-4-2-1-3-5-13/h1-12H,(H,22,23). The predicted molar refractivity (Wildman–Crippen MR) is 86.9 cm³/mol. The fourth-order valence-corrected chi connectivity index (χ4v) is 2.71. The quantitative estimate of drug-likeness (QED) is 0.630. The summed E-state index contributed by atoms with van der Waals surface area (Å²) in [6.45, 7) is 0. The molecule has 1 aromatic carbocycles. The summed E-state index contributed by atoms with van der Waals surface area (Å²) in [5, 5.41) is 13.4. The maximum absolute atomic E-state index is 11.3. The Morgan fingerprint density at radius 2 is 1.70 bits per heavy atom. The second-order valence-corrected chi connectivity index (χ2v) is 5.20. The van der Waals surface area contributed by atoms with Gasteiger partial charge in [-0.05, 0) is 35.4 Å². The zero-order chi connectivity index (χ0) is 15.8. The van der Waals surface area contributed by atoms with Crippen molar-refractivity contribution in [3.8, 4) is 16.9 Å². The van der Waals surface area contributed by atoms with Gasteiger partial charge >= 0.3 is 5.97 Å². The molecule has 0 amide bonds. The van der Waals surface area contributed by atoms with Crippen molar-refractivity contribution in [3.63, 3.8) is 0 Å². The zero-order valence-electron chi connectivity index (χ0n) is 12.1. The number of fused-ring (bicyclic) bond motifs is 1. The van der Waals surface area contributed by atoms with Crippen LogP contribution in [0.5, 0.6) is 0 Å². The Hall–Kier alpha value is -3.34. The Bertz CT molecular complexity index is 999. The molecule has 0 fully saturated rings. The van der Waals surface area contributed by atoms with E-state index in [0.717, 1.165) is 16.6 Å². The lowest BCUT2D eigenvalue weighted by atomic mass is 10.1. The number of hydrogen-bond donors (Lipinski definition) is 1. The van der Waals surface area contributed by atoms with Crippen LogP contribution in [0.1, 0.15) is 10.5 Å². The van der Waals surface area contributed by atoms with Gasteiger partial charge in [-0.3, -0.25) is 0 Å². The Labute approximate surface area is 132 Å². The van der Waals surface area contributed by atoms with Crippen molar-refractivity contribution in [2.75, 3.05) is 0 Å². The minimum atomic E-state index is -1.00. The molecule has 0 saturated heterocycles. The second kappa shape index (κ2) is 5.14. The molecule has 0 spiro atoms. The van der Waals surface area contributed by atoms with Crippen molar-refractivity contribution in [2.45, 2.75) is 0 Å². The summed E-state index contributed by atoms with van der Waals surface area (Å²) in [5.74, 6) is -0.308. The number of aromatic carboxylic acids is 1. The fraction of sp³-hybridized carbons (Fsp3) is 0. The van der Waals surface area contributed by atoms with Crippen LogP contribution < -0.4 is 0 Å². The van der Waals surface area contributed by atoms with Crippen LogP contribution in [0.4, 0.5) is 0 Å². The number of nitrogens with zero attached hydrogens (tertiary/aromatic N) is 3. The highest BCUT2D eigenvalue weighted by atomic mass is 16.4. The van der Waals surface area contributed by atoms with Gasteiger partial charge in [0.05, 0.1) is 6.20 Å². The van der Waals surface area contributed by atoms with Crippen LogP contribution in [-0.2, 0) is 0 Å². The third kappa shape index (κ3) is 2.19. The van der Waals surface area contributed by atoms with E-state index >= 15 is 0 Å². The molecule has 3 aromatic heterocycles. The third-order valence-corrected chi connectivity index (χ3v) is 3.82. The SMILES string of the molecule is O=C(O)c1ccnn1-c1ccc2ccc(-c3ccccc3)cn12. The lowest BCUT2D eigenvalue weighted by Gasteiger charge is -2.08. The normalized spacial score (nSPS) is 11.0. The highest BCUT2D eigenvalue weighted by molar-refractivity contribution is 5.86. The number of aromatic nitrogens is 3. The van der Waals surface area contributed by atoms with Gasteiger partial charge in [0.15, 0.2) is 5.69 Å². The molecule has 0 atom stereocenters. The first-order valence-electron chi connectivity index (χ1n) is 7.18. The van der Waals surface area contributed by atoms with E-state index in [-0.39, 0.29) is 5.69 Å². The summed E-state index contributed by atoms with van der Waals surface area (Å²) in [4.78, 5) is 11.3. The van der Waals surface area contributed by atoms with Crippen LogP contribution in [0.3, 0.4) is 0 Å². The van der Waals surface area contributed by atoms with Gasteiger partial charge in [-0.15, -0.1) is 0 Å². The molecule has 0 saturated carbocycles. The molecule has 4 aromatic rings. The van der Waals surface area contributed by atoms with E-state index in [1.54, 1.807) is 0 Å². The molecule has 0 aliphatic heterocycles. The minimum Gasteiger partial charge on any atom is -0.477 e. The lowest BCUT2D eigenvalue weighted by molar-refractivity contribution is 0.0686. The maximum Gasteiger partial charge on any atom is 0.354 e. The van der Waals surface area contributed by atoms with E-state index in [9.17, 15) is 9.90 Å². The van der Waals surface area contributed by atoms with Crippen LogP contribution in [0.15, 0.2) is 73.1 Å². The molecule has 5 nitrogen and oxygen atoms in total. The summed E-state index contributed by atoms with van der Waals surface area (Å²) in [7, 11) is 0. The number of hydrogen-bond acceptors (Lipinski definition) is 2. The van der Waals surface area contributed by atoms with Gasteiger partial charge in [-0.1, -0.05) is 36.4 Å². The summed E-state index contributed by atoms with van der Waals surface area (Å²) in [5.41, 5.74) is 3.27. The lowest BCUT2D eigenvalue weighted by Crippen LogP contribution is -2.09. The highest BCUT2D eigenvalue weighted by Crippen LogP contribution is 2.23. The van der Waals surface area contributed by atoms with Crippen LogP contribution in [0.25, 0.3) is 22.5 Å². The van der Waals surface area contributed by atoms with E-state index in [1.165, 1.54) is 16.9 Å². The summed E-state index contributed by atoms with van der Waals surface area (Å²) >= 11 is 0. The van der Waals surface area contributed by atoms with Gasteiger partial charge in [0.1, 0.15) is 5.82 Å². The van der Waals surface area contributed by atoms with E-state index in [1.807, 2.05) is 59.1 Å². The van der Waals surface area contributed by atoms with Crippen molar-refractivity contribution in [2.24, 2.45) is 0 Å². The topological polar surface area (TPSA) is 59.5 Å². The molecule has 3 heterocycles.